The van der Waals surface area contributed by atoms with Crippen molar-refractivity contribution in [2.75, 3.05) is 43.6 Å². The molecule has 1 aromatic heterocycles. The highest BCUT2D eigenvalue weighted by molar-refractivity contribution is 7.99. The molecule has 28 heavy (non-hydrogen) atoms. The number of fused-ring (bicyclic) bond motifs is 2. The van der Waals surface area contributed by atoms with Crippen molar-refractivity contribution >= 4 is 44.7 Å². The van der Waals surface area contributed by atoms with E-state index in [2.05, 4.69) is 40.1 Å². The Bertz CT molecular complexity index is 1010. The SMILES string of the molecule is O=C(CCN1CCN(c2cccc3c2OCS3)CC1)c1csc2ccccc12. The molecule has 0 N–H and O–H groups in total. The van der Waals surface area contributed by atoms with Crippen LogP contribution < -0.4 is 9.64 Å². The van der Waals surface area contributed by atoms with Crippen LogP contribution in [0.15, 0.2) is 52.7 Å². The van der Waals surface area contributed by atoms with Gasteiger partial charge in [0.25, 0.3) is 0 Å². The number of para-hydroxylation sites is 1. The molecule has 2 aromatic carbocycles. The summed E-state index contributed by atoms with van der Waals surface area (Å²) in [6, 6.07) is 14.6. The number of anilines is 1. The van der Waals surface area contributed by atoms with Gasteiger partial charge in [-0.05, 0) is 18.2 Å². The van der Waals surface area contributed by atoms with Crippen molar-refractivity contribution in [2.24, 2.45) is 0 Å². The first kappa shape index (κ1) is 18.0. The van der Waals surface area contributed by atoms with Crippen LogP contribution in [0.2, 0.25) is 0 Å². The molecule has 0 bridgehead atoms. The van der Waals surface area contributed by atoms with Crippen LogP contribution in [0, 0.1) is 0 Å². The quantitative estimate of drug-likeness (QED) is 0.568. The Kier molecular flexibility index (Phi) is 5.01. The summed E-state index contributed by atoms with van der Waals surface area (Å²) in [5, 5.41) is 3.11. The predicted molar refractivity (Wildman–Crippen MR) is 117 cm³/mol. The number of piperazine rings is 1. The molecule has 0 spiro atoms. The zero-order valence-electron chi connectivity index (χ0n) is 15.6. The van der Waals surface area contributed by atoms with Gasteiger partial charge < -0.3 is 9.64 Å². The molecular weight excluding hydrogens is 388 g/mol. The van der Waals surface area contributed by atoms with Crippen LogP contribution in [0.1, 0.15) is 16.8 Å². The summed E-state index contributed by atoms with van der Waals surface area (Å²) in [5.41, 5.74) is 2.09. The Labute approximate surface area is 173 Å². The molecule has 0 unspecified atom stereocenters. The Morgan fingerprint density at radius 2 is 1.89 bits per heavy atom. The normalized spacial score (nSPS) is 16.9. The summed E-state index contributed by atoms with van der Waals surface area (Å²) < 4.78 is 7.02. The minimum absolute atomic E-state index is 0.256. The smallest absolute Gasteiger partial charge is 0.165 e. The molecule has 0 saturated carbocycles. The number of nitrogens with zero attached hydrogens (tertiary/aromatic N) is 2. The Morgan fingerprint density at radius 3 is 2.79 bits per heavy atom. The maximum absolute atomic E-state index is 12.7. The fraction of sp³-hybridized carbons (Fsp3) is 0.318. The van der Waals surface area contributed by atoms with Crippen molar-refractivity contribution in [1.29, 1.82) is 0 Å². The first-order valence-electron chi connectivity index (χ1n) is 9.65. The van der Waals surface area contributed by atoms with Gasteiger partial charge in [0.1, 0.15) is 5.94 Å². The van der Waals surface area contributed by atoms with Gasteiger partial charge in [-0.15, -0.1) is 11.3 Å². The highest BCUT2D eigenvalue weighted by Crippen LogP contribution is 2.43. The molecule has 0 aliphatic carbocycles. The molecule has 0 atom stereocenters. The Hall–Kier alpha value is -2.02. The predicted octanol–water partition coefficient (Wildman–Crippen LogP) is 4.74. The first-order chi connectivity index (χ1) is 13.8. The molecule has 3 heterocycles. The van der Waals surface area contributed by atoms with Gasteiger partial charge in [-0.3, -0.25) is 9.69 Å². The number of benzene rings is 2. The number of thiophene rings is 1. The number of carbonyl (C=O) groups excluding carboxylic acids is 1. The van der Waals surface area contributed by atoms with E-state index < -0.39 is 0 Å². The minimum atomic E-state index is 0.256. The molecule has 5 rings (SSSR count). The summed E-state index contributed by atoms with van der Waals surface area (Å²) in [6.07, 6.45) is 0.585. The van der Waals surface area contributed by atoms with Gasteiger partial charge >= 0.3 is 0 Å². The number of ketones is 1. The second-order valence-corrected chi connectivity index (χ2v) is 9.03. The summed E-state index contributed by atoms with van der Waals surface area (Å²) in [5.74, 6) is 2.01. The molecule has 0 amide bonds. The zero-order valence-corrected chi connectivity index (χ0v) is 17.2. The first-order valence-corrected chi connectivity index (χ1v) is 11.5. The third kappa shape index (κ3) is 3.41. The molecule has 2 aliphatic rings. The lowest BCUT2D eigenvalue weighted by Gasteiger charge is -2.36. The highest BCUT2D eigenvalue weighted by Gasteiger charge is 2.24. The van der Waals surface area contributed by atoms with Crippen LogP contribution in [-0.2, 0) is 0 Å². The monoisotopic (exact) mass is 410 g/mol. The molecule has 144 valence electrons. The molecular formula is C22H22N2O2S2. The summed E-state index contributed by atoms with van der Waals surface area (Å²) >= 11 is 3.42. The van der Waals surface area contributed by atoms with Crippen LogP contribution in [-0.4, -0.2) is 49.3 Å². The topological polar surface area (TPSA) is 32.8 Å². The molecule has 1 fully saturated rings. The fourth-order valence-corrected chi connectivity index (χ4v) is 5.70. The summed E-state index contributed by atoms with van der Waals surface area (Å²) in [7, 11) is 0. The van der Waals surface area contributed by atoms with E-state index in [0.717, 1.165) is 49.4 Å². The van der Waals surface area contributed by atoms with Gasteiger partial charge in [0.2, 0.25) is 0 Å². The number of rotatable bonds is 5. The number of ether oxygens (including phenoxy) is 1. The summed E-state index contributed by atoms with van der Waals surface area (Å²) in [4.78, 5) is 18.8. The van der Waals surface area contributed by atoms with Crippen molar-refractivity contribution in [2.45, 2.75) is 11.3 Å². The molecule has 4 nitrogen and oxygen atoms in total. The van der Waals surface area contributed by atoms with E-state index in [4.69, 9.17) is 4.74 Å². The fourth-order valence-electron chi connectivity index (χ4n) is 3.96. The van der Waals surface area contributed by atoms with Crippen LogP contribution in [0.5, 0.6) is 5.75 Å². The van der Waals surface area contributed by atoms with E-state index >= 15 is 0 Å². The van der Waals surface area contributed by atoms with Gasteiger partial charge in [0.15, 0.2) is 11.5 Å². The van der Waals surface area contributed by atoms with E-state index in [1.54, 1.807) is 23.1 Å². The number of thioether (sulfide) groups is 1. The van der Waals surface area contributed by atoms with Crippen molar-refractivity contribution in [3.63, 3.8) is 0 Å². The third-order valence-corrected chi connectivity index (χ3v) is 7.36. The zero-order chi connectivity index (χ0) is 18.9. The second-order valence-electron chi connectivity index (χ2n) is 7.16. The van der Waals surface area contributed by atoms with Gasteiger partial charge in [-0.2, -0.15) is 0 Å². The van der Waals surface area contributed by atoms with E-state index in [9.17, 15) is 4.79 Å². The summed E-state index contributed by atoms with van der Waals surface area (Å²) in [6.45, 7) is 4.74. The van der Waals surface area contributed by atoms with Crippen LogP contribution in [0.25, 0.3) is 10.1 Å². The molecule has 0 radical (unpaired) electrons. The molecule has 1 saturated heterocycles. The van der Waals surface area contributed by atoms with Crippen LogP contribution >= 0.6 is 23.1 Å². The number of Topliss-reactive ketones (excluding diaryl/α,β-unsaturated/α-hetero) is 1. The third-order valence-electron chi connectivity index (χ3n) is 5.53. The molecule has 2 aliphatic heterocycles. The largest absolute Gasteiger partial charge is 0.479 e. The minimum Gasteiger partial charge on any atom is -0.479 e. The van der Waals surface area contributed by atoms with Gasteiger partial charge in [0.05, 0.1) is 10.6 Å². The average Bonchev–Trinajstić information content (AvgIpc) is 3.39. The standard InChI is InChI=1S/C22H22N2O2S2/c25-19(17-14-27-20-6-2-1-4-16(17)20)8-9-23-10-12-24(13-11-23)18-5-3-7-21-22(18)26-15-28-21/h1-7,14H,8-13,15H2. The highest BCUT2D eigenvalue weighted by atomic mass is 32.2. The maximum atomic E-state index is 12.7. The average molecular weight is 411 g/mol. The van der Waals surface area contributed by atoms with Gasteiger partial charge in [-0.25, -0.2) is 0 Å². The Balaban J connectivity index is 1.18. The van der Waals surface area contributed by atoms with Crippen molar-refractivity contribution in [3.8, 4) is 5.75 Å². The second kappa shape index (κ2) is 7.78. The molecule has 6 heteroatoms. The maximum Gasteiger partial charge on any atom is 0.165 e. The lowest BCUT2D eigenvalue weighted by molar-refractivity contribution is 0.0964. The Morgan fingerprint density at radius 1 is 1.04 bits per heavy atom. The van der Waals surface area contributed by atoms with E-state index in [0.29, 0.717) is 12.4 Å². The van der Waals surface area contributed by atoms with Crippen molar-refractivity contribution in [1.82, 2.24) is 4.90 Å². The number of carbonyl (C=O) groups is 1. The van der Waals surface area contributed by atoms with Gasteiger partial charge in [0, 0.05) is 60.2 Å². The van der Waals surface area contributed by atoms with Gasteiger partial charge in [-0.1, -0.05) is 36.0 Å². The van der Waals surface area contributed by atoms with E-state index in [1.165, 1.54) is 15.3 Å². The van der Waals surface area contributed by atoms with Crippen LogP contribution in [0.4, 0.5) is 5.69 Å². The van der Waals surface area contributed by atoms with E-state index in [-0.39, 0.29) is 5.78 Å². The lowest BCUT2D eigenvalue weighted by atomic mass is 10.1. The number of hydrogen-bond acceptors (Lipinski definition) is 6. The number of hydrogen-bond donors (Lipinski definition) is 0. The van der Waals surface area contributed by atoms with E-state index in [1.807, 2.05) is 17.5 Å². The van der Waals surface area contributed by atoms with Crippen LogP contribution in [0.3, 0.4) is 0 Å². The molecule has 3 aromatic rings. The lowest BCUT2D eigenvalue weighted by Crippen LogP contribution is -2.47. The van der Waals surface area contributed by atoms with Crippen molar-refractivity contribution < 1.29 is 9.53 Å². The van der Waals surface area contributed by atoms with Crippen molar-refractivity contribution in [3.05, 3.63) is 53.4 Å².